The number of hydrazine groups is 1. The van der Waals surface area contributed by atoms with Gasteiger partial charge in [-0.1, -0.05) is 6.92 Å². The first-order valence-electron chi connectivity index (χ1n) is 11.8. The molecule has 0 spiro atoms. The molecule has 0 bridgehead atoms. The standard InChI is InChI=1S/C26H27N3O7/c1-15-4-13-21-22(14-15)26(33)28(25(21)32)27(24(31)18-5-9-19(10-6-18)29(34)35)16(2)23(30)17-7-11-20(36-3)12-8-17/h5-12,15-16,21-22H,4,13-14H2,1-3H3/t15-,16-,21+,22+/m0/s1. The van der Waals surface area contributed by atoms with Crippen molar-refractivity contribution in [3.05, 3.63) is 69.8 Å². The normalized spacial score (nSPS) is 22.1. The second kappa shape index (κ2) is 9.88. The number of hydrogen-bond acceptors (Lipinski definition) is 7. The van der Waals surface area contributed by atoms with Crippen LogP contribution >= 0.6 is 0 Å². The van der Waals surface area contributed by atoms with Crippen LogP contribution in [0.15, 0.2) is 48.5 Å². The van der Waals surface area contributed by atoms with Crippen LogP contribution in [0.5, 0.6) is 5.75 Å². The van der Waals surface area contributed by atoms with Crippen LogP contribution in [0.4, 0.5) is 5.69 Å². The highest BCUT2D eigenvalue weighted by molar-refractivity contribution is 6.10. The van der Waals surface area contributed by atoms with Gasteiger partial charge >= 0.3 is 0 Å². The van der Waals surface area contributed by atoms with Crippen LogP contribution in [0.3, 0.4) is 0 Å². The van der Waals surface area contributed by atoms with Crippen molar-refractivity contribution >= 4 is 29.2 Å². The van der Waals surface area contributed by atoms with Crippen LogP contribution in [-0.2, 0) is 9.59 Å². The summed E-state index contributed by atoms with van der Waals surface area (Å²) in [6, 6.07) is 9.91. The minimum atomic E-state index is -1.20. The van der Waals surface area contributed by atoms with Crippen LogP contribution in [0.1, 0.15) is 53.8 Å². The van der Waals surface area contributed by atoms with E-state index >= 15 is 0 Å². The molecule has 2 aromatic rings. The van der Waals surface area contributed by atoms with Gasteiger partial charge in [-0.2, -0.15) is 5.01 Å². The maximum absolute atomic E-state index is 13.7. The fraction of sp³-hybridized carbons (Fsp3) is 0.385. The lowest BCUT2D eigenvalue weighted by atomic mass is 9.76. The summed E-state index contributed by atoms with van der Waals surface area (Å²) >= 11 is 0. The van der Waals surface area contributed by atoms with Crippen LogP contribution in [-0.4, -0.2) is 51.6 Å². The molecule has 4 atom stereocenters. The number of ketones is 1. The van der Waals surface area contributed by atoms with E-state index in [9.17, 15) is 29.3 Å². The molecule has 2 aliphatic rings. The minimum absolute atomic E-state index is 0.0128. The number of ether oxygens (including phenoxy) is 1. The highest BCUT2D eigenvalue weighted by Crippen LogP contribution is 2.41. The summed E-state index contributed by atoms with van der Waals surface area (Å²) in [5, 5.41) is 12.8. The zero-order chi connectivity index (χ0) is 26.1. The summed E-state index contributed by atoms with van der Waals surface area (Å²) in [6.45, 7) is 3.48. The number of amides is 3. The number of nitrogens with zero attached hydrogens (tertiary/aromatic N) is 3. The third kappa shape index (κ3) is 4.46. The summed E-state index contributed by atoms with van der Waals surface area (Å²) in [5.41, 5.74) is 0.0718. The number of rotatable bonds is 7. The van der Waals surface area contributed by atoms with Gasteiger partial charge in [0.2, 0.25) is 0 Å². The van der Waals surface area contributed by atoms with Gasteiger partial charge < -0.3 is 4.74 Å². The molecule has 1 saturated heterocycles. The number of non-ortho nitro benzene ring substituents is 1. The van der Waals surface area contributed by atoms with E-state index < -0.39 is 46.3 Å². The van der Waals surface area contributed by atoms with Crippen molar-refractivity contribution in [3.63, 3.8) is 0 Å². The molecule has 1 aliphatic heterocycles. The Morgan fingerprint density at radius 1 is 1.00 bits per heavy atom. The Bertz CT molecular complexity index is 1210. The second-order valence-corrected chi connectivity index (χ2v) is 9.34. The molecule has 1 aliphatic carbocycles. The Hall–Kier alpha value is -4.08. The molecule has 1 saturated carbocycles. The number of carbonyl (C=O) groups is 4. The van der Waals surface area contributed by atoms with Gasteiger partial charge in [0.05, 0.1) is 23.9 Å². The molecule has 0 radical (unpaired) electrons. The monoisotopic (exact) mass is 493 g/mol. The van der Waals surface area contributed by atoms with Crippen molar-refractivity contribution in [1.29, 1.82) is 0 Å². The number of methoxy groups -OCH3 is 1. The van der Waals surface area contributed by atoms with Gasteiger partial charge in [-0.15, -0.1) is 0 Å². The number of hydrogen-bond donors (Lipinski definition) is 0. The smallest absolute Gasteiger partial charge is 0.273 e. The lowest BCUT2D eigenvalue weighted by molar-refractivity contribution is -0.384. The van der Waals surface area contributed by atoms with Gasteiger partial charge in [-0.25, -0.2) is 5.01 Å². The maximum atomic E-state index is 13.7. The maximum Gasteiger partial charge on any atom is 0.273 e. The number of nitro groups is 1. The molecule has 2 fully saturated rings. The molecule has 3 amide bonds. The topological polar surface area (TPSA) is 127 Å². The average Bonchev–Trinajstić information content (AvgIpc) is 3.12. The summed E-state index contributed by atoms with van der Waals surface area (Å²) < 4.78 is 5.13. The summed E-state index contributed by atoms with van der Waals surface area (Å²) in [4.78, 5) is 64.4. The third-order valence-corrected chi connectivity index (χ3v) is 7.03. The molecular formula is C26H27N3O7. The molecule has 36 heavy (non-hydrogen) atoms. The van der Waals surface area contributed by atoms with Crippen molar-refractivity contribution in [2.45, 2.75) is 39.2 Å². The Morgan fingerprint density at radius 2 is 1.58 bits per heavy atom. The number of Topliss-reactive ketones (excluding diaryl/α,β-unsaturated/α-hetero) is 1. The van der Waals surface area contributed by atoms with E-state index in [1.165, 1.54) is 26.2 Å². The summed E-state index contributed by atoms with van der Waals surface area (Å²) in [5.74, 6) is -2.52. The molecule has 0 unspecified atom stereocenters. The van der Waals surface area contributed by atoms with E-state index in [0.717, 1.165) is 28.6 Å². The largest absolute Gasteiger partial charge is 0.497 e. The summed E-state index contributed by atoms with van der Waals surface area (Å²) in [6.07, 6.45) is 1.87. The van der Waals surface area contributed by atoms with Crippen LogP contribution in [0.2, 0.25) is 0 Å². The number of carbonyl (C=O) groups excluding carboxylic acids is 4. The van der Waals surface area contributed by atoms with Crippen molar-refractivity contribution in [3.8, 4) is 5.75 Å². The fourth-order valence-corrected chi connectivity index (χ4v) is 4.99. The van der Waals surface area contributed by atoms with Crippen LogP contribution < -0.4 is 4.74 Å². The van der Waals surface area contributed by atoms with E-state index in [-0.39, 0.29) is 22.7 Å². The predicted molar refractivity (Wildman–Crippen MR) is 128 cm³/mol. The Balaban J connectivity index is 1.73. The van der Waals surface area contributed by atoms with E-state index in [0.29, 0.717) is 18.6 Å². The van der Waals surface area contributed by atoms with Gasteiger partial charge in [-0.05, 0) is 68.5 Å². The van der Waals surface area contributed by atoms with Gasteiger partial charge in [-0.3, -0.25) is 29.3 Å². The molecule has 2 aromatic carbocycles. The summed E-state index contributed by atoms with van der Waals surface area (Å²) in [7, 11) is 1.49. The van der Waals surface area contributed by atoms with Crippen molar-refractivity contribution < 1.29 is 28.8 Å². The Morgan fingerprint density at radius 3 is 2.17 bits per heavy atom. The first-order valence-corrected chi connectivity index (χ1v) is 11.8. The van der Waals surface area contributed by atoms with Crippen molar-refractivity contribution in [2.24, 2.45) is 17.8 Å². The van der Waals surface area contributed by atoms with Crippen molar-refractivity contribution in [1.82, 2.24) is 10.0 Å². The second-order valence-electron chi connectivity index (χ2n) is 9.34. The molecule has 10 heteroatoms. The first-order chi connectivity index (χ1) is 17.1. The molecule has 1 heterocycles. The first kappa shape index (κ1) is 25.0. The molecule has 188 valence electrons. The number of fused-ring (bicyclic) bond motifs is 1. The van der Waals surface area contributed by atoms with E-state index in [1.807, 2.05) is 6.92 Å². The Kier molecular flexibility index (Phi) is 6.87. The van der Waals surface area contributed by atoms with Crippen LogP contribution in [0, 0.1) is 27.9 Å². The number of nitro benzene ring substituents is 1. The highest BCUT2D eigenvalue weighted by atomic mass is 16.6. The average molecular weight is 494 g/mol. The van der Waals surface area contributed by atoms with Gasteiger partial charge in [0.25, 0.3) is 23.4 Å². The van der Waals surface area contributed by atoms with E-state index in [1.54, 1.807) is 24.3 Å². The number of benzene rings is 2. The Labute approximate surface area is 207 Å². The van der Waals surface area contributed by atoms with E-state index in [4.69, 9.17) is 4.74 Å². The lowest BCUT2D eigenvalue weighted by Crippen LogP contribution is -2.56. The molecule has 0 N–H and O–H groups in total. The van der Waals surface area contributed by atoms with Gasteiger partial charge in [0.15, 0.2) is 5.78 Å². The SMILES string of the molecule is COc1ccc(C(=O)[C@H](C)N(C(=O)c2ccc([N+](=O)[O-])cc2)N2C(=O)[C@@H]3CC[C@H](C)C[C@H]3C2=O)cc1. The van der Waals surface area contributed by atoms with Crippen molar-refractivity contribution in [2.75, 3.05) is 7.11 Å². The predicted octanol–water partition coefficient (Wildman–Crippen LogP) is 3.65. The molecule has 0 aromatic heterocycles. The third-order valence-electron chi connectivity index (χ3n) is 7.03. The zero-order valence-corrected chi connectivity index (χ0v) is 20.2. The van der Waals surface area contributed by atoms with E-state index in [2.05, 4.69) is 0 Å². The fourth-order valence-electron chi connectivity index (χ4n) is 4.99. The molecule has 10 nitrogen and oxygen atoms in total. The molecular weight excluding hydrogens is 466 g/mol. The quantitative estimate of drug-likeness (QED) is 0.249. The van der Waals surface area contributed by atoms with Gasteiger partial charge in [0, 0.05) is 23.3 Å². The zero-order valence-electron chi connectivity index (χ0n) is 20.2. The highest BCUT2D eigenvalue weighted by Gasteiger charge is 2.54. The molecule has 4 rings (SSSR count). The lowest BCUT2D eigenvalue weighted by Gasteiger charge is -2.34. The van der Waals surface area contributed by atoms with Crippen LogP contribution in [0.25, 0.3) is 0 Å². The van der Waals surface area contributed by atoms with Gasteiger partial charge in [0.1, 0.15) is 11.8 Å². The minimum Gasteiger partial charge on any atom is -0.497 e. The number of imide groups is 1.